The fourth-order valence-electron chi connectivity index (χ4n) is 2.42. The Bertz CT molecular complexity index is 422. The van der Waals surface area contributed by atoms with Gasteiger partial charge in [0.1, 0.15) is 5.01 Å². The number of rotatable bonds is 5. The molecule has 0 radical (unpaired) electrons. The zero-order valence-corrected chi connectivity index (χ0v) is 12.3. The Kier molecular flexibility index (Phi) is 5.13. The van der Waals surface area contributed by atoms with Gasteiger partial charge in [-0.3, -0.25) is 4.79 Å². The van der Waals surface area contributed by atoms with Crippen molar-refractivity contribution >= 4 is 22.4 Å². The first-order valence-corrected chi connectivity index (χ1v) is 7.80. The maximum Gasteiger partial charge on any atom is 0.308 e. The van der Waals surface area contributed by atoms with E-state index in [1.165, 1.54) is 0 Å². The van der Waals surface area contributed by atoms with E-state index in [0.717, 1.165) is 42.2 Å². The minimum Gasteiger partial charge on any atom is -0.466 e. The number of nitrogens with one attached hydrogen (secondary N) is 1. The molecular formula is C13H21N3O2S. The van der Waals surface area contributed by atoms with Crippen LogP contribution in [0.15, 0.2) is 0 Å². The lowest BCUT2D eigenvalue weighted by Crippen LogP contribution is -2.32. The van der Waals surface area contributed by atoms with Gasteiger partial charge in [0.05, 0.1) is 12.5 Å². The third-order valence-corrected chi connectivity index (χ3v) is 4.39. The summed E-state index contributed by atoms with van der Waals surface area (Å²) in [5.74, 6) is -0.0229. The molecule has 0 aromatic carbocycles. The standard InChI is InChI=1S/C13H21N3O2S/c1-3-11-15-16-13(19-11)14-10-7-5-6-9(8-10)12(17)18-4-2/h9-10H,3-8H2,1-2H3,(H,14,16). The Morgan fingerprint density at radius 2 is 2.26 bits per heavy atom. The maximum atomic E-state index is 11.8. The van der Waals surface area contributed by atoms with E-state index in [4.69, 9.17) is 4.74 Å². The van der Waals surface area contributed by atoms with Crippen molar-refractivity contribution in [2.75, 3.05) is 11.9 Å². The molecule has 0 aliphatic heterocycles. The normalized spacial score (nSPS) is 23.1. The molecule has 0 spiro atoms. The lowest BCUT2D eigenvalue weighted by Gasteiger charge is -2.28. The average molecular weight is 283 g/mol. The first-order valence-electron chi connectivity index (χ1n) is 6.98. The summed E-state index contributed by atoms with van der Waals surface area (Å²) in [7, 11) is 0. The van der Waals surface area contributed by atoms with E-state index in [1.807, 2.05) is 6.92 Å². The molecule has 2 unspecified atom stereocenters. The highest BCUT2D eigenvalue weighted by Gasteiger charge is 2.28. The van der Waals surface area contributed by atoms with Gasteiger partial charge in [0, 0.05) is 6.04 Å². The second kappa shape index (κ2) is 6.84. The van der Waals surface area contributed by atoms with Gasteiger partial charge in [-0.05, 0) is 32.6 Å². The van der Waals surface area contributed by atoms with Crippen LogP contribution in [-0.2, 0) is 16.0 Å². The van der Waals surface area contributed by atoms with E-state index in [2.05, 4.69) is 22.4 Å². The van der Waals surface area contributed by atoms with E-state index < -0.39 is 0 Å². The summed E-state index contributed by atoms with van der Waals surface area (Å²) in [5.41, 5.74) is 0. The fourth-order valence-corrected chi connectivity index (χ4v) is 3.18. The third kappa shape index (κ3) is 3.89. The van der Waals surface area contributed by atoms with Crippen LogP contribution < -0.4 is 5.32 Å². The lowest BCUT2D eigenvalue weighted by atomic mass is 9.86. The molecule has 2 rings (SSSR count). The van der Waals surface area contributed by atoms with Crippen LogP contribution in [0.1, 0.15) is 44.5 Å². The third-order valence-electron chi connectivity index (χ3n) is 3.39. The number of hydrogen-bond donors (Lipinski definition) is 1. The number of nitrogens with zero attached hydrogens (tertiary/aromatic N) is 2. The Balaban J connectivity index is 1.88. The van der Waals surface area contributed by atoms with Gasteiger partial charge in [-0.1, -0.05) is 24.7 Å². The lowest BCUT2D eigenvalue weighted by molar-refractivity contribution is -0.149. The van der Waals surface area contributed by atoms with Crippen molar-refractivity contribution in [1.82, 2.24) is 10.2 Å². The molecule has 1 aliphatic rings. The summed E-state index contributed by atoms with van der Waals surface area (Å²) >= 11 is 1.60. The van der Waals surface area contributed by atoms with Crippen molar-refractivity contribution in [3.8, 4) is 0 Å². The summed E-state index contributed by atoms with van der Waals surface area (Å²) < 4.78 is 5.11. The van der Waals surface area contributed by atoms with Crippen LogP contribution in [0.4, 0.5) is 5.13 Å². The van der Waals surface area contributed by atoms with Crippen LogP contribution in [-0.4, -0.2) is 28.8 Å². The van der Waals surface area contributed by atoms with Gasteiger partial charge in [0.25, 0.3) is 0 Å². The fraction of sp³-hybridized carbons (Fsp3) is 0.769. The van der Waals surface area contributed by atoms with Crippen LogP contribution in [0.5, 0.6) is 0 Å². The molecule has 1 aromatic rings. The minimum atomic E-state index is -0.0551. The Hall–Kier alpha value is -1.17. The van der Waals surface area contributed by atoms with Crippen molar-refractivity contribution in [3.63, 3.8) is 0 Å². The van der Waals surface area contributed by atoms with Crippen LogP contribution >= 0.6 is 11.3 Å². The SMILES string of the molecule is CCOC(=O)C1CCCC(Nc2nnc(CC)s2)C1. The number of carbonyl (C=O) groups is 1. The molecule has 2 atom stereocenters. The van der Waals surface area contributed by atoms with Crippen molar-refractivity contribution in [3.05, 3.63) is 5.01 Å². The molecule has 1 heterocycles. The highest BCUT2D eigenvalue weighted by molar-refractivity contribution is 7.15. The summed E-state index contributed by atoms with van der Waals surface area (Å²) in [6.07, 6.45) is 4.82. The van der Waals surface area contributed by atoms with Gasteiger partial charge < -0.3 is 10.1 Å². The van der Waals surface area contributed by atoms with Gasteiger partial charge in [-0.2, -0.15) is 0 Å². The van der Waals surface area contributed by atoms with Gasteiger partial charge in [-0.25, -0.2) is 0 Å². The van der Waals surface area contributed by atoms with Crippen LogP contribution in [0, 0.1) is 5.92 Å². The van der Waals surface area contributed by atoms with Crippen molar-refractivity contribution in [1.29, 1.82) is 0 Å². The van der Waals surface area contributed by atoms with E-state index in [-0.39, 0.29) is 11.9 Å². The minimum absolute atomic E-state index is 0.0322. The largest absolute Gasteiger partial charge is 0.466 e. The predicted octanol–water partition coefficient (Wildman–Crippen LogP) is 2.63. The van der Waals surface area contributed by atoms with Crippen molar-refractivity contribution in [2.24, 2.45) is 5.92 Å². The molecule has 1 fully saturated rings. The van der Waals surface area contributed by atoms with Gasteiger partial charge in [0.2, 0.25) is 5.13 Å². The molecular weight excluding hydrogens is 262 g/mol. The molecule has 6 heteroatoms. The van der Waals surface area contributed by atoms with Gasteiger partial charge in [0.15, 0.2) is 0 Å². The number of ether oxygens (including phenoxy) is 1. The second-order valence-electron chi connectivity index (χ2n) is 4.81. The summed E-state index contributed by atoms with van der Waals surface area (Å²) in [6.45, 7) is 4.38. The number of esters is 1. The number of aryl methyl sites for hydroxylation is 1. The predicted molar refractivity (Wildman–Crippen MR) is 75.3 cm³/mol. The molecule has 1 aliphatic carbocycles. The van der Waals surface area contributed by atoms with E-state index in [1.54, 1.807) is 11.3 Å². The molecule has 0 bridgehead atoms. The second-order valence-corrected chi connectivity index (χ2v) is 5.87. The molecule has 106 valence electrons. The number of aromatic nitrogens is 2. The van der Waals surface area contributed by atoms with Crippen LogP contribution in [0.3, 0.4) is 0 Å². The van der Waals surface area contributed by atoms with Gasteiger partial charge >= 0.3 is 5.97 Å². The average Bonchev–Trinajstić information content (AvgIpc) is 2.87. The molecule has 0 amide bonds. The van der Waals surface area contributed by atoms with Crippen LogP contribution in [0.25, 0.3) is 0 Å². The molecule has 19 heavy (non-hydrogen) atoms. The zero-order valence-electron chi connectivity index (χ0n) is 11.5. The van der Waals surface area contributed by atoms with Gasteiger partial charge in [-0.15, -0.1) is 10.2 Å². The molecule has 1 saturated carbocycles. The van der Waals surface area contributed by atoms with Crippen LogP contribution in [0.2, 0.25) is 0 Å². The first-order chi connectivity index (χ1) is 9.22. The Labute approximate surface area is 117 Å². The highest BCUT2D eigenvalue weighted by atomic mass is 32.1. The Morgan fingerprint density at radius 3 is 2.95 bits per heavy atom. The smallest absolute Gasteiger partial charge is 0.308 e. The van der Waals surface area contributed by atoms with Crippen molar-refractivity contribution in [2.45, 2.75) is 52.0 Å². The zero-order chi connectivity index (χ0) is 13.7. The number of hydrogen-bond acceptors (Lipinski definition) is 6. The molecule has 1 N–H and O–H groups in total. The topological polar surface area (TPSA) is 64.1 Å². The maximum absolute atomic E-state index is 11.8. The summed E-state index contributed by atoms with van der Waals surface area (Å²) in [5, 5.41) is 13.5. The molecule has 5 nitrogen and oxygen atoms in total. The van der Waals surface area contributed by atoms with Crippen molar-refractivity contribution < 1.29 is 9.53 Å². The monoisotopic (exact) mass is 283 g/mol. The number of carbonyl (C=O) groups excluding carboxylic acids is 1. The first kappa shape index (κ1) is 14.2. The molecule has 0 saturated heterocycles. The highest BCUT2D eigenvalue weighted by Crippen LogP contribution is 2.28. The Morgan fingerprint density at radius 1 is 1.42 bits per heavy atom. The van der Waals surface area contributed by atoms with E-state index >= 15 is 0 Å². The molecule has 1 aromatic heterocycles. The quantitative estimate of drug-likeness (QED) is 0.842. The summed E-state index contributed by atoms with van der Waals surface area (Å²) in [4.78, 5) is 11.8. The van der Waals surface area contributed by atoms with E-state index in [0.29, 0.717) is 12.6 Å². The summed E-state index contributed by atoms with van der Waals surface area (Å²) in [6, 6.07) is 0.306. The van der Waals surface area contributed by atoms with E-state index in [9.17, 15) is 4.79 Å². The number of anilines is 1.